The number of aromatic nitrogens is 3. The maximum absolute atomic E-state index is 13.4. The Morgan fingerprint density at radius 1 is 0.842 bits per heavy atom. The largest absolute Gasteiger partial charge is 0.416 e. The van der Waals surface area contributed by atoms with E-state index in [0.717, 1.165) is 29.8 Å². The smallest absolute Gasteiger partial charge is 0.368 e. The summed E-state index contributed by atoms with van der Waals surface area (Å²) in [5.41, 5.74) is 2.91. The topological polar surface area (TPSA) is 54.3 Å². The third-order valence-electron chi connectivity index (χ3n) is 6.70. The number of piperazine rings is 1. The molecule has 2 heterocycles. The molecule has 0 unspecified atom stereocenters. The van der Waals surface area contributed by atoms with E-state index in [0.29, 0.717) is 44.1 Å². The van der Waals surface area contributed by atoms with E-state index >= 15 is 0 Å². The molecule has 0 radical (unpaired) electrons. The second-order valence-corrected chi connectivity index (χ2v) is 9.42. The highest BCUT2D eigenvalue weighted by Crippen LogP contribution is 2.32. The molecule has 5 rings (SSSR count). The minimum Gasteiger partial charge on any atom is -0.368 e. The first kappa shape index (κ1) is 25.5. The molecule has 0 N–H and O–H groups in total. The monoisotopic (exact) mass is 519 g/mol. The second-order valence-electron chi connectivity index (χ2n) is 9.42. The lowest BCUT2D eigenvalue weighted by Gasteiger charge is -2.35. The molecule has 0 aliphatic carbocycles. The number of hydrogen-bond donors (Lipinski definition) is 0. The number of amides is 1. The van der Waals surface area contributed by atoms with Crippen LogP contribution in [-0.4, -0.2) is 51.8 Å². The summed E-state index contributed by atoms with van der Waals surface area (Å²) in [6, 6.07) is 23.3. The van der Waals surface area contributed by atoms with Crippen LogP contribution in [0.1, 0.15) is 33.1 Å². The number of anilines is 1. The Labute approximate surface area is 219 Å². The summed E-state index contributed by atoms with van der Waals surface area (Å²) in [4.78, 5) is 21.6. The van der Waals surface area contributed by atoms with E-state index in [9.17, 15) is 18.0 Å². The lowest BCUT2D eigenvalue weighted by molar-refractivity contribution is -0.137. The second kappa shape index (κ2) is 10.7. The molecule has 196 valence electrons. The van der Waals surface area contributed by atoms with Gasteiger partial charge in [0.05, 0.1) is 11.3 Å². The minimum atomic E-state index is -4.40. The fourth-order valence-corrected chi connectivity index (χ4v) is 4.65. The van der Waals surface area contributed by atoms with Gasteiger partial charge in [-0.25, -0.2) is 9.67 Å². The first-order valence-corrected chi connectivity index (χ1v) is 12.6. The summed E-state index contributed by atoms with van der Waals surface area (Å²) in [5.74, 6) is 0.550. The third-order valence-corrected chi connectivity index (χ3v) is 6.70. The number of benzene rings is 3. The predicted octanol–water partition coefficient (Wildman–Crippen LogP) is 5.34. The van der Waals surface area contributed by atoms with Crippen LogP contribution in [0, 0.1) is 6.92 Å². The zero-order valence-electron chi connectivity index (χ0n) is 21.0. The highest BCUT2D eigenvalue weighted by atomic mass is 19.4. The average Bonchev–Trinajstić information content (AvgIpc) is 3.36. The molecule has 1 saturated heterocycles. The fraction of sp³-hybridized carbons (Fsp3) is 0.276. The SMILES string of the molecule is Cc1cccc(-n2nc(C(=O)N3CCN(c4cccc(C(F)(F)F)c4)CC3)nc2CCc2ccccc2)c1. The fourth-order valence-electron chi connectivity index (χ4n) is 4.65. The Kier molecular flexibility index (Phi) is 7.18. The standard InChI is InChI=1S/C29H28F3N5O/c1-21-7-5-12-25(19-21)37-26(14-13-22-8-3-2-4-9-22)33-27(34-37)28(38)36-17-15-35(16-18-36)24-11-6-10-23(20-24)29(30,31)32/h2-12,19-20H,13-18H2,1H3. The van der Waals surface area contributed by atoms with Crippen LogP contribution in [-0.2, 0) is 19.0 Å². The van der Waals surface area contributed by atoms with Crippen molar-refractivity contribution in [3.8, 4) is 5.69 Å². The number of nitrogens with zero attached hydrogens (tertiary/aromatic N) is 5. The molecule has 1 aliphatic rings. The first-order chi connectivity index (χ1) is 18.3. The Balaban J connectivity index is 1.32. The summed E-state index contributed by atoms with van der Waals surface area (Å²) in [5, 5.41) is 4.60. The van der Waals surface area contributed by atoms with E-state index in [1.54, 1.807) is 15.6 Å². The summed E-state index contributed by atoms with van der Waals surface area (Å²) in [7, 11) is 0. The molecule has 0 spiro atoms. The molecule has 0 saturated carbocycles. The van der Waals surface area contributed by atoms with Crippen LogP contribution in [0.5, 0.6) is 0 Å². The Hall–Kier alpha value is -4.14. The van der Waals surface area contributed by atoms with Gasteiger partial charge in [-0.05, 0) is 54.8 Å². The van der Waals surface area contributed by atoms with Crippen molar-refractivity contribution in [1.29, 1.82) is 0 Å². The van der Waals surface area contributed by atoms with E-state index in [2.05, 4.69) is 22.2 Å². The van der Waals surface area contributed by atoms with Crippen molar-refractivity contribution in [2.24, 2.45) is 0 Å². The zero-order chi connectivity index (χ0) is 26.7. The Bertz CT molecular complexity index is 1410. The lowest BCUT2D eigenvalue weighted by atomic mass is 10.1. The quantitative estimate of drug-likeness (QED) is 0.345. The molecule has 9 heteroatoms. The highest BCUT2D eigenvalue weighted by Gasteiger charge is 2.32. The highest BCUT2D eigenvalue weighted by molar-refractivity contribution is 5.90. The van der Waals surface area contributed by atoms with Crippen LogP contribution in [0.25, 0.3) is 5.69 Å². The predicted molar refractivity (Wildman–Crippen MR) is 140 cm³/mol. The summed E-state index contributed by atoms with van der Waals surface area (Å²) in [6.07, 6.45) is -3.02. The van der Waals surface area contributed by atoms with Crippen LogP contribution in [0.3, 0.4) is 0 Å². The maximum atomic E-state index is 13.4. The van der Waals surface area contributed by atoms with Gasteiger partial charge < -0.3 is 9.80 Å². The molecule has 1 aromatic heterocycles. The van der Waals surface area contributed by atoms with Gasteiger partial charge >= 0.3 is 6.18 Å². The molecule has 1 aliphatic heterocycles. The van der Waals surface area contributed by atoms with Crippen molar-refractivity contribution in [3.05, 3.63) is 107 Å². The average molecular weight is 520 g/mol. The van der Waals surface area contributed by atoms with Crippen LogP contribution >= 0.6 is 0 Å². The van der Waals surface area contributed by atoms with E-state index in [4.69, 9.17) is 0 Å². The van der Waals surface area contributed by atoms with Gasteiger partial charge in [0.1, 0.15) is 5.82 Å². The maximum Gasteiger partial charge on any atom is 0.416 e. The normalized spacial score (nSPS) is 14.1. The molecular weight excluding hydrogens is 491 g/mol. The van der Waals surface area contributed by atoms with E-state index in [1.807, 2.05) is 54.3 Å². The van der Waals surface area contributed by atoms with Crippen molar-refractivity contribution in [1.82, 2.24) is 19.7 Å². The summed E-state index contributed by atoms with van der Waals surface area (Å²) in [6.45, 7) is 3.58. The number of alkyl halides is 3. The van der Waals surface area contributed by atoms with Crippen LogP contribution < -0.4 is 4.90 Å². The summed E-state index contributed by atoms with van der Waals surface area (Å²) >= 11 is 0. The third kappa shape index (κ3) is 5.72. The van der Waals surface area contributed by atoms with Gasteiger partial charge in [-0.3, -0.25) is 4.79 Å². The van der Waals surface area contributed by atoms with Crippen molar-refractivity contribution in [2.45, 2.75) is 25.9 Å². The van der Waals surface area contributed by atoms with E-state index < -0.39 is 11.7 Å². The lowest BCUT2D eigenvalue weighted by Crippen LogP contribution is -2.49. The first-order valence-electron chi connectivity index (χ1n) is 12.6. The van der Waals surface area contributed by atoms with Gasteiger partial charge in [-0.1, -0.05) is 48.5 Å². The molecule has 1 fully saturated rings. The van der Waals surface area contributed by atoms with Crippen molar-refractivity contribution in [2.75, 3.05) is 31.1 Å². The van der Waals surface area contributed by atoms with E-state index in [-0.39, 0.29) is 11.7 Å². The van der Waals surface area contributed by atoms with Gasteiger partial charge in [0.2, 0.25) is 5.82 Å². The van der Waals surface area contributed by atoms with Gasteiger partial charge in [-0.2, -0.15) is 13.2 Å². The van der Waals surface area contributed by atoms with E-state index in [1.165, 1.54) is 11.6 Å². The molecule has 1 amide bonds. The van der Waals surface area contributed by atoms with Gasteiger partial charge in [0.15, 0.2) is 0 Å². The number of rotatable bonds is 6. The number of carbonyl (C=O) groups is 1. The molecule has 6 nitrogen and oxygen atoms in total. The summed E-state index contributed by atoms with van der Waals surface area (Å²) < 4.78 is 41.1. The van der Waals surface area contributed by atoms with Crippen LogP contribution in [0.4, 0.5) is 18.9 Å². The molecule has 0 bridgehead atoms. The van der Waals surface area contributed by atoms with Gasteiger partial charge in [0.25, 0.3) is 5.91 Å². The van der Waals surface area contributed by atoms with Gasteiger partial charge in [-0.15, -0.1) is 5.10 Å². The van der Waals surface area contributed by atoms with Crippen LogP contribution in [0.15, 0.2) is 78.9 Å². The zero-order valence-corrected chi connectivity index (χ0v) is 21.0. The minimum absolute atomic E-state index is 0.127. The number of carbonyl (C=O) groups excluding carboxylic acids is 1. The molecule has 0 atom stereocenters. The number of halogens is 3. The van der Waals surface area contributed by atoms with Crippen LogP contribution in [0.2, 0.25) is 0 Å². The Morgan fingerprint density at radius 2 is 1.55 bits per heavy atom. The van der Waals surface area contributed by atoms with Crippen molar-refractivity contribution < 1.29 is 18.0 Å². The molecule has 38 heavy (non-hydrogen) atoms. The number of aryl methyl sites for hydroxylation is 3. The molecule has 3 aromatic carbocycles. The van der Waals surface area contributed by atoms with Crippen molar-refractivity contribution in [3.63, 3.8) is 0 Å². The Morgan fingerprint density at radius 3 is 2.26 bits per heavy atom. The van der Waals surface area contributed by atoms with Crippen molar-refractivity contribution >= 4 is 11.6 Å². The van der Waals surface area contributed by atoms with Gasteiger partial charge in [0, 0.05) is 38.3 Å². The number of hydrogen-bond acceptors (Lipinski definition) is 4. The molecule has 4 aromatic rings. The molecular formula is C29H28F3N5O.